The van der Waals surface area contributed by atoms with Crippen LogP contribution in [0.2, 0.25) is 0 Å². The molecule has 21 heavy (non-hydrogen) atoms. The monoisotopic (exact) mass is 289 g/mol. The number of rotatable bonds is 9. The van der Waals surface area contributed by atoms with E-state index in [1.54, 1.807) is 0 Å². The number of hydrogen-bond donors (Lipinski definition) is 2. The van der Waals surface area contributed by atoms with Crippen LogP contribution < -0.4 is 5.73 Å². The van der Waals surface area contributed by atoms with Gasteiger partial charge in [0.25, 0.3) is 0 Å². The molecule has 0 aromatic heterocycles. The van der Waals surface area contributed by atoms with Crippen molar-refractivity contribution >= 4 is 5.84 Å². The highest BCUT2D eigenvalue weighted by Gasteiger charge is 2.11. The van der Waals surface area contributed by atoms with E-state index in [0.29, 0.717) is 0 Å². The van der Waals surface area contributed by atoms with Gasteiger partial charge in [0, 0.05) is 12.1 Å². The Balaban J connectivity index is 2.76. The average molecular weight is 289 g/mol. The van der Waals surface area contributed by atoms with Crippen LogP contribution in [0, 0.1) is 17.2 Å². The number of benzene rings is 1. The zero-order chi connectivity index (χ0) is 15.8. The summed E-state index contributed by atoms with van der Waals surface area (Å²) >= 11 is 0. The summed E-state index contributed by atoms with van der Waals surface area (Å²) in [5.74, 6) is 1.60. The molecule has 1 rings (SSSR count). The van der Waals surface area contributed by atoms with E-state index in [-0.39, 0.29) is 5.84 Å². The largest absolute Gasteiger partial charge is 0.384 e. The van der Waals surface area contributed by atoms with Gasteiger partial charge in [-0.1, -0.05) is 52.0 Å². The Morgan fingerprint density at radius 1 is 1.05 bits per heavy atom. The van der Waals surface area contributed by atoms with E-state index in [1.165, 1.54) is 12.8 Å². The molecule has 118 valence electrons. The summed E-state index contributed by atoms with van der Waals surface area (Å²) in [6.07, 6.45) is 2.42. The van der Waals surface area contributed by atoms with E-state index in [1.807, 2.05) is 18.2 Å². The molecule has 0 spiro atoms. The number of amidine groups is 1. The molecule has 1 aromatic rings. The Morgan fingerprint density at radius 3 is 2.05 bits per heavy atom. The lowest BCUT2D eigenvalue weighted by Gasteiger charge is -2.25. The standard InChI is InChI=1S/C18H31N3/c1-14(2)9-11-21(12-10-15(3)4)13-16-7-5-6-8-17(16)18(19)20/h5-8,14-15H,9-13H2,1-4H3,(H3,19,20). The van der Waals surface area contributed by atoms with Crippen molar-refractivity contribution in [2.45, 2.75) is 47.1 Å². The number of nitrogens with one attached hydrogen (secondary N) is 1. The topological polar surface area (TPSA) is 53.1 Å². The van der Waals surface area contributed by atoms with Crippen molar-refractivity contribution in [3.05, 3.63) is 35.4 Å². The van der Waals surface area contributed by atoms with Gasteiger partial charge < -0.3 is 5.73 Å². The number of nitrogens with two attached hydrogens (primary N) is 1. The Bertz CT molecular complexity index is 426. The lowest BCUT2D eigenvalue weighted by molar-refractivity contribution is 0.235. The van der Waals surface area contributed by atoms with Crippen molar-refractivity contribution in [2.75, 3.05) is 13.1 Å². The Kier molecular flexibility index (Phi) is 7.44. The van der Waals surface area contributed by atoms with Gasteiger partial charge >= 0.3 is 0 Å². The summed E-state index contributed by atoms with van der Waals surface area (Å²) in [6.45, 7) is 12.2. The van der Waals surface area contributed by atoms with Crippen LogP contribution in [0.1, 0.15) is 51.7 Å². The van der Waals surface area contributed by atoms with E-state index in [4.69, 9.17) is 11.1 Å². The molecule has 0 amide bonds. The third kappa shape index (κ3) is 6.76. The normalized spacial score (nSPS) is 11.6. The third-order valence-electron chi connectivity index (χ3n) is 3.75. The second-order valence-corrected chi connectivity index (χ2v) is 6.71. The zero-order valence-corrected chi connectivity index (χ0v) is 14.0. The predicted molar refractivity (Wildman–Crippen MR) is 91.6 cm³/mol. The molecule has 3 heteroatoms. The molecule has 0 saturated heterocycles. The second kappa shape index (κ2) is 8.83. The number of nitrogen functional groups attached to an aromatic ring is 1. The van der Waals surface area contributed by atoms with Crippen LogP contribution in [-0.4, -0.2) is 23.8 Å². The minimum atomic E-state index is 0.165. The van der Waals surface area contributed by atoms with E-state index in [2.05, 4.69) is 38.7 Å². The highest BCUT2D eigenvalue weighted by atomic mass is 15.1. The van der Waals surface area contributed by atoms with Gasteiger partial charge in [-0.3, -0.25) is 10.3 Å². The molecular formula is C18H31N3. The fraction of sp³-hybridized carbons (Fsp3) is 0.611. The average Bonchev–Trinajstić information content (AvgIpc) is 2.41. The highest BCUT2D eigenvalue weighted by molar-refractivity contribution is 5.96. The molecule has 0 atom stereocenters. The maximum Gasteiger partial charge on any atom is 0.123 e. The van der Waals surface area contributed by atoms with Gasteiger partial charge in [-0.05, 0) is 43.3 Å². The first-order chi connectivity index (χ1) is 9.90. The van der Waals surface area contributed by atoms with Crippen LogP contribution in [-0.2, 0) is 6.54 Å². The summed E-state index contributed by atoms with van der Waals surface area (Å²) in [4.78, 5) is 2.50. The molecule has 0 fully saturated rings. The molecule has 3 nitrogen and oxygen atoms in total. The molecule has 0 saturated carbocycles. The smallest absolute Gasteiger partial charge is 0.123 e. The van der Waals surface area contributed by atoms with Crippen LogP contribution in [0.5, 0.6) is 0 Å². The van der Waals surface area contributed by atoms with Crippen molar-refractivity contribution in [3.63, 3.8) is 0 Å². The molecule has 0 bridgehead atoms. The molecule has 0 aliphatic carbocycles. The van der Waals surface area contributed by atoms with Crippen LogP contribution in [0.3, 0.4) is 0 Å². The van der Waals surface area contributed by atoms with Crippen molar-refractivity contribution in [1.29, 1.82) is 5.41 Å². The number of nitrogens with zero attached hydrogens (tertiary/aromatic N) is 1. The Labute approximate surface area is 130 Å². The molecule has 0 unspecified atom stereocenters. The summed E-state index contributed by atoms with van der Waals surface area (Å²) in [7, 11) is 0. The van der Waals surface area contributed by atoms with Crippen LogP contribution in [0.4, 0.5) is 0 Å². The van der Waals surface area contributed by atoms with Crippen LogP contribution >= 0.6 is 0 Å². The van der Waals surface area contributed by atoms with Gasteiger partial charge in [-0.2, -0.15) is 0 Å². The van der Waals surface area contributed by atoms with Crippen molar-refractivity contribution in [2.24, 2.45) is 17.6 Å². The van der Waals surface area contributed by atoms with Crippen molar-refractivity contribution in [3.8, 4) is 0 Å². The molecule has 0 radical (unpaired) electrons. The lowest BCUT2D eigenvalue weighted by Crippen LogP contribution is -2.28. The van der Waals surface area contributed by atoms with Crippen molar-refractivity contribution in [1.82, 2.24) is 4.90 Å². The first kappa shape index (κ1) is 17.7. The van der Waals surface area contributed by atoms with Gasteiger partial charge in [0.1, 0.15) is 5.84 Å². The van der Waals surface area contributed by atoms with Crippen molar-refractivity contribution < 1.29 is 0 Å². The number of hydrogen-bond acceptors (Lipinski definition) is 2. The minimum Gasteiger partial charge on any atom is -0.384 e. The third-order valence-corrected chi connectivity index (χ3v) is 3.75. The molecule has 0 aliphatic heterocycles. The lowest BCUT2D eigenvalue weighted by atomic mass is 10.0. The summed E-state index contributed by atoms with van der Waals surface area (Å²) in [6, 6.07) is 8.02. The van der Waals surface area contributed by atoms with Gasteiger partial charge in [-0.15, -0.1) is 0 Å². The minimum absolute atomic E-state index is 0.165. The molecule has 1 aromatic carbocycles. The van der Waals surface area contributed by atoms with E-state index < -0.39 is 0 Å². The Morgan fingerprint density at radius 2 is 1.57 bits per heavy atom. The molecule has 0 aliphatic rings. The molecular weight excluding hydrogens is 258 g/mol. The maximum atomic E-state index is 7.72. The predicted octanol–water partition coefficient (Wildman–Crippen LogP) is 3.86. The van der Waals surface area contributed by atoms with Crippen LogP contribution in [0.25, 0.3) is 0 Å². The van der Waals surface area contributed by atoms with E-state index in [0.717, 1.165) is 42.6 Å². The van der Waals surface area contributed by atoms with E-state index in [9.17, 15) is 0 Å². The summed E-state index contributed by atoms with van der Waals surface area (Å²) < 4.78 is 0. The van der Waals surface area contributed by atoms with Gasteiger partial charge in [0.2, 0.25) is 0 Å². The fourth-order valence-electron chi connectivity index (χ4n) is 2.31. The van der Waals surface area contributed by atoms with Gasteiger partial charge in [0.15, 0.2) is 0 Å². The molecule has 3 N–H and O–H groups in total. The van der Waals surface area contributed by atoms with Gasteiger partial charge in [0.05, 0.1) is 0 Å². The van der Waals surface area contributed by atoms with Gasteiger partial charge in [-0.25, -0.2) is 0 Å². The first-order valence-electron chi connectivity index (χ1n) is 8.04. The van der Waals surface area contributed by atoms with E-state index >= 15 is 0 Å². The zero-order valence-electron chi connectivity index (χ0n) is 14.0. The fourth-order valence-corrected chi connectivity index (χ4v) is 2.31. The highest BCUT2D eigenvalue weighted by Crippen LogP contribution is 2.14. The second-order valence-electron chi connectivity index (χ2n) is 6.71. The summed E-state index contributed by atoms with van der Waals surface area (Å²) in [5.41, 5.74) is 7.74. The first-order valence-corrected chi connectivity index (χ1v) is 8.04. The van der Waals surface area contributed by atoms with Crippen LogP contribution in [0.15, 0.2) is 24.3 Å². The summed E-state index contributed by atoms with van der Waals surface area (Å²) in [5, 5.41) is 7.72. The quantitative estimate of drug-likeness (QED) is 0.535. The maximum absolute atomic E-state index is 7.72. The molecule has 0 heterocycles. The SMILES string of the molecule is CC(C)CCN(CCC(C)C)Cc1ccccc1C(=N)N. The Hall–Kier alpha value is -1.35.